The van der Waals surface area contributed by atoms with E-state index in [2.05, 4.69) is 48.5 Å². The highest BCUT2D eigenvalue weighted by atomic mass is 31.2. The third-order valence-corrected chi connectivity index (χ3v) is 21.6. The molecule has 0 bridgehead atoms. The Hall–Kier alpha value is -1.94. The molecular formula is C83H162O17P2. The van der Waals surface area contributed by atoms with Gasteiger partial charge in [-0.1, -0.05) is 382 Å². The summed E-state index contributed by atoms with van der Waals surface area (Å²) in [6.07, 6.45) is 62.5. The van der Waals surface area contributed by atoms with E-state index in [9.17, 15) is 43.2 Å². The maximum Gasteiger partial charge on any atom is 0.472 e. The lowest BCUT2D eigenvalue weighted by atomic mass is 10.00. The first-order chi connectivity index (χ1) is 49.3. The van der Waals surface area contributed by atoms with Crippen molar-refractivity contribution in [2.75, 3.05) is 39.6 Å². The molecule has 0 aromatic heterocycles. The fourth-order valence-electron chi connectivity index (χ4n) is 12.8. The Balaban J connectivity index is 5.23. The van der Waals surface area contributed by atoms with Crippen molar-refractivity contribution < 1.29 is 80.2 Å². The lowest BCUT2D eigenvalue weighted by molar-refractivity contribution is -0.161. The second-order valence-corrected chi connectivity index (χ2v) is 34.0. The van der Waals surface area contributed by atoms with Crippen LogP contribution in [0.1, 0.15) is 434 Å². The van der Waals surface area contributed by atoms with Gasteiger partial charge in [-0.15, -0.1) is 0 Å². The number of rotatable bonds is 81. The summed E-state index contributed by atoms with van der Waals surface area (Å²) in [4.78, 5) is 73.1. The molecule has 0 heterocycles. The predicted molar refractivity (Wildman–Crippen MR) is 418 cm³/mol. The largest absolute Gasteiger partial charge is 0.472 e. The predicted octanol–water partition coefficient (Wildman–Crippen LogP) is 24.9. The monoisotopic (exact) mass is 1490 g/mol. The van der Waals surface area contributed by atoms with Crippen molar-refractivity contribution in [3.8, 4) is 0 Å². The molecule has 0 aromatic carbocycles. The van der Waals surface area contributed by atoms with Crippen LogP contribution < -0.4 is 0 Å². The Morgan fingerprint density at radius 3 is 0.745 bits per heavy atom. The molecule has 0 aliphatic heterocycles. The molecule has 17 nitrogen and oxygen atoms in total. The van der Waals surface area contributed by atoms with Gasteiger partial charge in [-0.2, -0.15) is 0 Å². The summed E-state index contributed by atoms with van der Waals surface area (Å²) in [6.45, 7) is 11.9. The van der Waals surface area contributed by atoms with Crippen LogP contribution in [0.5, 0.6) is 0 Å². The number of carbonyl (C=O) groups is 4. The summed E-state index contributed by atoms with van der Waals surface area (Å²) in [5.74, 6) is 0.188. The van der Waals surface area contributed by atoms with E-state index in [1.807, 2.05) is 0 Å². The minimum Gasteiger partial charge on any atom is -0.462 e. The van der Waals surface area contributed by atoms with E-state index in [0.717, 1.165) is 114 Å². The van der Waals surface area contributed by atoms with Gasteiger partial charge in [-0.3, -0.25) is 37.3 Å². The van der Waals surface area contributed by atoms with Crippen LogP contribution in [0.25, 0.3) is 0 Å². The zero-order chi connectivity index (χ0) is 75.1. The molecule has 0 fully saturated rings. The Labute approximate surface area is 626 Å². The van der Waals surface area contributed by atoms with Gasteiger partial charge in [-0.05, 0) is 43.4 Å². The van der Waals surface area contributed by atoms with E-state index in [4.69, 9.17) is 37.0 Å². The Bertz CT molecular complexity index is 1980. The van der Waals surface area contributed by atoms with E-state index < -0.39 is 97.5 Å². The molecule has 0 radical (unpaired) electrons. The second-order valence-electron chi connectivity index (χ2n) is 31.1. The van der Waals surface area contributed by atoms with Crippen molar-refractivity contribution in [3.05, 3.63) is 0 Å². The number of hydrogen-bond acceptors (Lipinski definition) is 15. The minimum atomic E-state index is -4.96. The van der Waals surface area contributed by atoms with Gasteiger partial charge >= 0.3 is 39.5 Å². The van der Waals surface area contributed by atoms with Gasteiger partial charge in [0, 0.05) is 25.7 Å². The molecule has 0 saturated carbocycles. The van der Waals surface area contributed by atoms with Gasteiger partial charge in [0.1, 0.15) is 19.3 Å². The molecule has 606 valence electrons. The maximum atomic E-state index is 13.1. The van der Waals surface area contributed by atoms with E-state index >= 15 is 0 Å². The zero-order valence-electron chi connectivity index (χ0n) is 67.1. The van der Waals surface area contributed by atoms with Gasteiger partial charge < -0.3 is 33.8 Å². The number of unbranched alkanes of at least 4 members (excludes halogenated alkanes) is 48. The van der Waals surface area contributed by atoms with Crippen molar-refractivity contribution in [3.63, 3.8) is 0 Å². The molecule has 0 aromatic rings. The summed E-state index contributed by atoms with van der Waals surface area (Å²) in [5, 5.41) is 10.7. The van der Waals surface area contributed by atoms with Crippen LogP contribution in [0.2, 0.25) is 0 Å². The molecule has 0 aliphatic rings. The molecule has 19 heteroatoms. The lowest BCUT2D eigenvalue weighted by Gasteiger charge is -2.21. The normalized spacial score (nSPS) is 14.2. The summed E-state index contributed by atoms with van der Waals surface area (Å²) in [6, 6.07) is 0. The Morgan fingerprint density at radius 2 is 0.500 bits per heavy atom. The lowest BCUT2D eigenvalue weighted by Crippen LogP contribution is -2.30. The number of hydrogen-bond donors (Lipinski definition) is 3. The number of esters is 4. The summed E-state index contributed by atoms with van der Waals surface area (Å²) in [7, 11) is -9.92. The van der Waals surface area contributed by atoms with Crippen LogP contribution in [0.4, 0.5) is 0 Å². The molecule has 3 N–H and O–H groups in total. The maximum absolute atomic E-state index is 13.1. The van der Waals surface area contributed by atoms with Crippen LogP contribution in [-0.4, -0.2) is 96.7 Å². The Morgan fingerprint density at radius 1 is 0.284 bits per heavy atom. The number of phosphoric acid groups is 2. The van der Waals surface area contributed by atoms with E-state index in [0.29, 0.717) is 25.7 Å². The molecule has 6 atom stereocenters. The highest BCUT2D eigenvalue weighted by Gasteiger charge is 2.30. The smallest absolute Gasteiger partial charge is 0.462 e. The van der Waals surface area contributed by atoms with Gasteiger partial charge in [-0.25, -0.2) is 9.13 Å². The molecule has 0 rings (SSSR count). The van der Waals surface area contributed by atoms with Crippen LogP contribution >= 0.6 is 15.6 Å². The van der Waals surface area contributed by atoms with Crippen LogP contribution in [-0.2, 0) is 65.4 Å². The van der Waals surface area contributed by atoms with Crippen molar-refractivity contribution in [1.29, 1.82) is 0 Å². The first kappa shape index (κ1) is 100. The van der Waals surface area contributed by atoms with Crippen molar-refractivity contribution in [2.45, 2.75) is 452 Å². The third-order valence-electron chi connectivity index (χ3n) is 19.7. The minimum absolute atomic E-state index is 0.106. The molecule has 0 aliphatic carbocycles. The first-order valence-electron chi connectivity index (χ1n) is 42.9. The first-order valence-corrected chi connectivity index (χ1v) is 45.9. The Kier molecular flexibility index (Phi) is 71.8. The average molecular weight is 1490 g/mol. The molecular weight excluding hydrogens is 1330 g/mol. The molecule has 3 unspecified atom stereocenters. The van der Waals surface area contributed by atoms with Crippen LogP contribution in [0.15, 0.2) is 0 Å². The van der Waals surface area contributed by atoms with Crippen LogP contribution in [0, 0.1) is 17.8 Å². The van der Waals surface area contributed by atoms with Gasteiger partial charge in [0.05, 0.1) is 26.4 Å². The average Bonchev–Trinajstić information content (AvgIpc) is 0.927. The second kappa shape index (κ2) is 73.2. The van der Waals surface area contributed by atoms with Gasteiger partial charge in [0.25, 0.3) is 0 Å². The quantitative estimate of drug-likeness (QED) is 0.0222. The molecule has 0 saturated heterocycles. The molecule has 102 heavy (non-hydrogen) atoms. The molecule has 0 amide bonds. The number of aliphatic hydroxyl groups excluding tert-OH is 1. The van der Waals surface area contributed by atoms with Gasteiger partial charge in [0.2, 0.25) is 0 Å². The highest BCUT2D eigenvalue weighted by molar-refractivity contribution is 7.47. The third kappa shape index (κ3) is 74.9. The highest BCUT2D eigenvalue weighted by Crippen LogP contribution is 2.45. The number of ether oxygens (including phenoxy) is 4. The van der Waals surface area contributed by atoms with Crippen LogP contribution in [0.3, 0.4) is 0 Å². The van der Waals surface area contributed by atoms with Crippen molar-refractivity contribution in [2.24, 2.45) is 17.8 Å². The standard InChI is InChI=1S/C83H162O17P2/c1-8-10-11-12-13-14-15-16-17-18-19-20-21-22-23-26-33-38-43-52-59-66-82(87)99-78(70-93-80(85)64-57-50-42-37-32-27-24-25-30-35-40-47-54-61-74(3)4)72-97-101(89,90)95-68-77(84)69-96-102(91,92)98-73-79(71-94-81(86)65-58-51-46-45-49-56-63-76(7)9-2)100-83(88)67-60-53-44-39-34-29-28-31-36-41-48-55-62-75(5)6/h74-79,84H,8-73H2,1-7H3,(H,89,90)(H,91,92)/t76?,77-,78-,79-/m1/s1. The summed E-state index contributed by atoms with van der Waals surface area (Å²) < 4.78 is 68.8. The number of carbonyl (C=O) groups excluding carboxylic acids is 4. The fraction of sp³-hybridized carbons (Fsp3) is 0.952. The fourth-order valence-corrected chi connectivity index (χ4v) is 14.4. The van der Waals surface area contributed by atoms with E-state index in [-0.39, 0.29) is 25.7 Å². The van der Waals surface area contributed by atoms with Crippen molar-refractivity contribution in [1.82, 2.24) is 0 Å². The zero-order valence-corrected chi connectivity index (χ0v) is 68.9. The summed E-state index contributed by atoms with van der Waals surface area (Å²) in [5.41, 5.74) is 0. The number of aliphatic hydroxyl groups is 1. The van der Waals surface area contributed by atoms with Gasteiger partial charge in [0.15, 0.2) is 12.2 Å². The van der Waals surface area contributed by atoms with Crippen molar-refractivity contribution >= 4 is 39.5 Å². The SMILES string of the molecule is CCCCCCCCCCCCCCCCCCCCCCCC(=O)O[C@H](COC(=O)CCCCCCCCCCCCCCCC(C)C)COP(=O)(O)OC[C@@H](O)COP(=O)(O)OC[C@@H](COC(=O)CCCCCCCCC(C)CC)OC(=O)CCCCCCCCCCCCCCC(C)C. The molecule has 0 spiro atoms. The summed E-state index contributed by atoms with van der Waals surface area (Å²) >= 11 is 0. The van der Waals surface area contributed by atoms with E-state index in [1.54, 1.807) is 0 Å². The number of phosphoric ester groups is 2. The topological polar surface area (TPSA) is 237 Å². The van der Waals surface area contributed by atoms with E-state index in [1.165, 1.54) is 238 Å².